The second-order valence-corrected chi connectivity index (χ2v) is 0.346. The Kier molecular flexibility index (Phi) is 3.04. The number of hydrogen-bond acceptors (Lipinski definition) is 2. The van der Waals surface area contributed by atoms with Gasteiger partial charge in [-0.25, -0.2) is 4.79 Å². The van der Waals surface area contributed by atoms with Crippen LogP contribution in [0.1, 0.15) is 0 Å². The van der Waals surface area contributed by atoms with Crippen molar-refractivity contribution in [3.8, 4) is 0 Å². The van der Waals surface area contributed by atoms with Crippen LogP contribution in [0, 0.1) is 0 Å². The van der Waals surface area contributed by atoms with E-state index < -0.39 is 6.79 Å². The summed E-state index contributed by atoms with van der Waals surface area (Å²) < 4.78 is 3.47. The summed E-state index contributed by atoms with van der Waals surface area (Å²) in [6.45, 7) is 0.125. The number of ether oxygens (including phenoxy) is 1. The summed E-state index contributed by atoms with van der Waals surface area (Å²) >= 11 is 0. The quantitative estimate of drug-likeness (QED) is 0.413. The highest BCUT2D eigenvalue weighted by Gasteiger charge is 1.68. The van der Waals surface area contributed by atoms with E-state index in [1.165, 1.54) is 0 Å². The molecule has 28 valence electrons. The molecule has 2 radical (unpaired) electrons. The van der Waals surface area contributed by atoms with Gasteiger partial charge in [0.2, 0.25) is 6.79 Å². The summed E-state index contributed by atoms with van der Waals surface area (Å²) in [7, 11) is 0. The third kappa shape index (κ3) is 3.43. The summed E-state index contributed by atoms with van der Waals surface area (Å²) in [5.41, 5.74) is 0. The van der Waals surface area contributed by atoms with Crippen molar-refractivity contribution in [2.75, 3.05) is 6.79 Å². The Morgan fingerprint density at radius 2 is 2.40 bits per heavy atom. The number of carbonyl (C=O) groups excluding carboxylic acids is 1. The van der Waals surface area contributed by atoms with E-state index in [1.54, 1.807) is 0 Å². The van der Waals surface area contributed by atoms with Crippen LogP contribution in [0.3, 0.4) is 0 Å². The molecule has 0 aromatic heterocycles. The average molecular weight is 74.0 g/mol. The smallest absolute Gasteiger partial charge is 0.419 e. The van der Waals surface area contributed by atoms with Gasteiger partial charge in [-0.15, -0.1) is 0 Å². The summed E-state index contributed by atoms with van der Waals surface area (Å²) in [6, 6.07) is 0. The predicted molar refractivity (Wildman–Crippen MR) is 12.3 cm³/mol. The van der Waals surface area contributed by atoms with Gasteiger partial charge < -0.3 is 4.74 Å². The van der Waals surface area contributed by atoms with E-state index in [0.717, 1.165) is 6.47 Å². The molecule has 0 N–H and O–H groups in total. The third-order valence-corrected chi connectivity index (χ3v) is 0.118. The Balaban J connectivity index is 2.40. The summed E-state index contributed by atoms with van der Waals surface area (Å²) in [5, 5.41) is 9.05. The molecule has 0 atom stereocenters. The van der Waals surface area contributed by atoms with Crippen LogP contribution in [-0.2, 0) is 14.6 Å². The molecule has 0 aromatic rings. The first-order valence-electron chi connectivity index (χ1n) is 0.986. The fourth-order valence-corrected chi connectivity index (χ4v) is 0.0241. The van der Waals surface area contributed by atoms with Crippen LogP contribution in [-0.4, -0.2) is 13.3 Å². The molecule has 0 bridgehead atoms. The van der Waals surface area contributed by atoms with Gasteiger partial charge in [0.15, 0.2) is 0 Å². The molecule has 0 aliphatic heterocycles. The van der Waals surface area contributed by atoms with Crippen LogP contribution in [0.4, 0.5) is 0 Å². The van der Waals surface area contributed by atoms with E-state index in [-0.39, 0.29) is 0 Å². The van der Waals surface area contributed by atoms with Crippen molar-refractivity contribution in [1.82, 2.24) is 0 Å². The van der Waals surface area contributed by atoms with Gasteiger partial charge >= 0.3 is 6.47 Å². The molecule has 0 amide bonds. The van der Waals surface area contributed by atoms with E-state index in [2.05, 4.69) is 4.74 Å². The first-order valence-corrected chi connectivity index (χ1v) is 0.986. The fourth-order valence-electron chi connectivity index (χ4n) is 0.0241. The van der Waals surface area contributed by atoms with E-state index in [9.17, 15) is 0 Å². The van der Waals surface area contributed by atoms with E-state index >= 15 is 0 Å². The highest BCUT2D eigenvalue weighted by atomic mass is 16.6. The molecule has 0 spiro atoms. The molecule has 0 aromatic carbocycles. The molecular formula is C2H2O3. The van der Waals surface area contributed by atoms with Crippen molar-refractivity contribution in [1.29, 1.82) is 0 Å². The topological polar surface area (TPSA) is 46.2 Å². The maximum atomic E-state index is 9.05. The average Bonchev–Trinajstić information content (AvgIpc) is 1.41. The van der Waals surface area contributed by atoms with E-state index in [0.29, 0.717) is 0 Å². The second kappa shape index (κ2) is 3.43. The van der Waals surface area contributed by atoms with E-state index in [1.807, 2.05) is 0 Å². The van der Waals surface area contributed by atoms with Gasteiger partial charge in [0.1, 0.15) is 0 Å². The Hall–Kier alpha value is -0.570. The predicted octanol–water partition coefficient (Wildman–Crippen LogP) is -0.542. The Morgan fingerprint density at radius 3 is 2.40 bits per heavy atom. The number of hydrogen-bond donors (Lipinski definition) is 0. The fraction of sp³-hybridized carbons (Fsp3) is 0.500. The molecule has 0 saturated carbocycles. The first kappa shape index (κ1) is 4.43. The lowest BCUT2D eigenvalue weighted by atomic mass is 11.4. The molecule has 3 nitrogen and oxygen atoms in total. The summed E-state index contributed by atoms with van der Waals surface area (Å²) in [4.78, 5) is 8.86. The minimum absolute atomic E-state index is 0.830. The van der Waals surface area contributed by atoms with Gasteiger partial charge in [0.05, 0.1) is 0 Å². The molecule has 0 aliphatic carbocycles. The molecule has 0 heterocycles. The maximum Gasteiger partial charge on any atom is 0.419 e. The molecule has 0 unspecified atom stereocenters. The molecule has 0 rings (SSSR count). The van der Waals surface area contributed by atoms with Crippen molar-refractivity contribution < 1.29 is 14.6 Å². The highest BCUT2D eigenvalue weighted by Crippen LogP contribution is 1.51. The molecule has 5 heavy (non-hydrogen) atoms. The highest BCUT2D eigenvalue weighted by molar-refractivity contribution is 5.37. The monoisotopic (exact) mass is 74.0 g/mol. The minimum atomic E-state index is -0.830. The minimum Gasteiger partial charge on any atom is -0.427 e. The summed E-state index contributed by atoms with van der Waals surface area (Å²) in [5.74, 6) is 0. The van der Waals surface area contributed by atoms with Gasteiger partial charge in [-0.3, -0.25) is 0 Å². The lowest BCUT2D eigenvalue weighted by Gasteiger charge is -1.74. The molecule has 3 heteroatoms. The van der Waals surface area contributed by atoms with Crippen molar-refractivity contribution >= 4 is 6.47 Å². The van der Waals surface area contributed by atoms with Crippen LogP contribution < -0.4 is 0 Å². The Morgan fingerprint density at radius 1 is 1.80 bits per heavy atom. The molecule has 0 aliphatic rings. The Labute approximate surface area is 29.2 Å². The molecule has 0 fully saturated rings. The van der Waals surface area contributed by atoms with Crippen LogP contribution >= 0.6 is 0 Å². The zero-order valence-corrected chi connectivity index (χ0v) is 2.43. The van der Waals surface area contributed by atoms with Crippen LogP contribution in [0.2, 0.25) is 0 Å². The SMILES string of the molecule is [O]CO[C]=O. The van der Waals surface area contributed by atoms with Crippen molar-refractivity contribution in [2.24, 2.45) is 0 Å². The van der Waals surface area contributed by atoms with Crippen LogP contribution in [0.15, 0.2) is 0 Å². The van der Waals surface area contributed by atoms with Crippen molar-refractivity contribution in [2.45, 2.75) is 0 Å². The lowest BCUT2D eigenvalue weighted by Crippen LogP contribution is -1.83. The number of rotatable bonds is 2. The largest absolute Gasteiger partial charge is 0.427 e. The molecular weight excluding hydrogens is 72.0 g/mol. The van der Waals surface area contributed by atoms with Gasteiger partial charge in [0, 0.05) is 0 Å². The zero-order chi connectivity index (χ0) is 4.12. The second-order valence-electron chi connectivity index (χ2n) is 0.346. The first-order chi connectivity index (χ1) is 2.41. The molecule has 0 saturated heterocycles. The Bertz CT molecular complexity index is 26.1. The summed E-state index contributed by atoms with van der Waals surface area (Å²) in [6.07, 6.45) is 0. The third-order valence-electron chi connectivity index (χ3n) is 0.118. The van der Waals surface area contributed by atoms with Crippen molar-refractivity contribution in [3.05, 3.63) is 0 Å². The normalized spacial score (nSPS) is 6.60. The standard InChI is InChI=1S/C2H2O3/c3-1-5-2-4/h1H2. The zero-order valence-electron chi connectivity index (χ0n) is 2.43. The van der Waals surface area contributed by atoms with Gasteiger partial charge in [-0.05, 0) is 0 Å². The van der Waals surface area contributed by atoms with Gasteiger partial charge in [0.25, 0.3) is 0 Å². The van der Waals surface area contributed by atoms with Crippen LogP contribution in [0.25, 0.3) is 0 Å². The maximum absolute atomic E-state index is 9.05. The van der Waals surface area contributed by atoms with Gasteiger partial charge in [-0.1, -0.05) is 0 Å². The van der Waals surface area contributed by atoms with Gasteiger partial charge in [-0.2, -0.15) is 5.11 Å². The van der Waals surface area contributed by atoms with E-state index in [4.69, 9.17) is 9.90 Å². The lowest BCUT2D eigenvalue weighted by molar-refractivity contribution is 0.0263. The van der Waals surface area contributed by atoms with Crippen LogP contribution in [0.5, 0.6) is 0 Å². The van der Waals surface area contributed by atoms with Crippen molar-refractivity contribution in [3.63, 3.8) is 0 Å².